The summed E-state index contributed by atoms with van der Waals surface area (Å²) in [4.78, 5) is 10.0. The van der Waals surface area contributed by atoms with Crippen molar-refractivity contribution in [2.75, 3.05) is 6.54 Å². The van der Waals surface area contributed by atoms with E-state index in [-0.39, 0.29) is 0 Å². The minimum absolute atomic E-state index is 0.614. The maximum Gasteiger partial charge on any atom is 0.207 e. The maximum absolute atomic E-state index is 10.0. The summed E-state index contributed by atoms with van der Waals surface area (Å²) in [6.45, 7) is 0.614. The third-order valence-electron chi connectivity index (χ3n) is 2.08. The van der Waals surface area contributed by atoms with E-state index in [1.54, 1.807) is 0 Å². The summed E-state index contributed by atoms with van der Waals surface area (Å²) in [6, 6.07) is 9.87. The highest BCUT2D eigenvalue weighted by Crippen LogP contribution is 2.18. The van der Waals surface area contributed by atoms with Gasteiger partial charge in [-0.25, -0.2) is 0 Å². The molecule has 1 aromatic heterocycles. The van der Waals surface area contributed by atoms with E-state index in [0.717, 1.165) is 23.2 Å². The van der Waals surface area contributed by atoms with Gasteiger partial charge >= 0.3 is 0 Å². The summed E-state index contributed by atoms with van der Waals surface area (Å²) in [6.07, 6.45) is 1.43. The fourth-order valence-electron chi connectivity index (χ4n) is 1.41. The molecule has 14 heavy (non-hydrogen) atoms. The van der Waals surface area contributed by atoms with Gasteiger partial charge < -0.3 is 9.73 Å². The molecule has 0 aliphatic heterocycles. The van der Waals surface area contributed by atoms with Crippen LogP contribution in [0.3, 0.4) is 0 Å². The van der Waals surface area contributed by atoms with Gasteiger partial charge in [0.2, 0.25) is 6.41 Å². The topological polar surface area (TPSA) is 42.2 Å². The number of para-hydroxylation sites is 1. The first-order chi connectivity index (χ1) is 6.90. The van der Waals surface area contributed by atoms with Gasteiger partial charge in [0.1, 0.15) is 11.3 Å². The summed E-state index contributed by atoms with van der Waals surface area (Å²) in [5, 5.41) is 3.71. The fourth-order valence-corrected chi connectivity index (χ4v) is 1.41. The van der Waals surface area contributed by atoms with Crippen LogP contribution in [0.1, 0.15) is 5.76 Å². The molecule has 0 fully saturated rings. The van der Waals surface area contributed by atoms with Crippen molar-refractivity contribution in [3.63, 3.8) is 0 Å². The molecule has 0 aliphatic rings. The molecule has 0 bridgehead atoms. The van der Waals surface area contributed by atoms with Crippen LogP contribution in [0.5, 0.6) is 0 Å². The minimum Gasteiger partial charge on any atom is -0.461 e. The molecule has 0 saturated carbocycles. The normalized spacial score (nSPS) is 10.3. The average molecular weight is 189 g/mol. The number of amides is 1. The van der Waals surface area contributed by atoms with E-state index in [1.165, 1.54) is 0 Å². The van der Waals surface area contributed by atoms with Gasteiger partial charge in [-0.15, -0.1) is 0 Å². The standard InChI is InChI=1S/C11H11NO2/c13-8-12-6-5-10-7-9-3-1-2-4-11(9)14-10/h1-4,7-8H,5-6H2,(H,12,13). The molecule has 1 N–H and O–H groups in total. The zero-order valence-corrected chi connectivity index (χ0v) is 7.69. The summed E-state index contributed by atoms with van der Waals surface area (Å²) in [5.74, 6) is 0.903. The Bertz CT molecular complexity index is 401. The van der Waals surface area contributed by atoms with Gasteiger partial charge in [-0.1, -0.05) is 18.2 Å². The van der Waals surface area contributed by atoms with Crippen LogP contribution in [0, 0.1) is 0 Å². The van der Waals surface area contributed by atoms with E-state index in [9.17, 15) is 4.79 Å². The van der Waals surface area contributed by atoms with Crippen LogP contribution in [0.2, 0.25) is 0 Å². The highest BCUT2D eigenvalue weighted by atomic mass is 16.3. The molecule has 72 valence electrons. The lowest BCUT2D eigenvalue weighted by atomic mass is 10.2. The van der Waals surface area contributed by atoms with Crippen molar-refractivity contribution in [3.05, 3.63) is 36.1 Å². The minimum atomic E-state index is 0.614. The molecule has 0 unspecified atom stereocenters. The molecular formula is C11H11NO2. The Morgan fingerprint density at radius 2 is 2.21 bits per heavy atom. The molecule has 2 aromatic rings. The number of nitrogens with one attached hydrogen (secondary N) is 1. The third kappa shape index (κ3) is 1.76. The van der Waals surface area contributed by atoms with Crippen molar-refractivity contribution in [3.8, 4) is 0 Å². The molecule has 0 radical (unpaired) electrons. The van der Waals surface area contributed by atoms with E-state index < -0.39 is 0 Å². The van der Waals surface area contributed by atoms with Gasteiger partial charge in [0.15, 0.2) is 0 Å². The molecule has 3 nitrogen and oxygen atoms in total. The summed E-state index contributed by atoms with van der Waals surface area (Å²) in [5.41, 5.74) is 0.897. The van der Waals surface area contributed by atoms with Crippen molar-refractivity contribution in [2.24, 2.45) is 0 Å². The van der Waals surface area contributed by atoms with E-state index >= 15 is 0 Å². The largest absolute Gasteiger partial charge is 0.461 e. The van der Waals surface area contributed by atoms with Crippen LogP contribution in [-0.4, -0.2) is 13.0 Å². The highest BCUT2D eigenvalue weighted by Gasteiger charge is 2.01. The number of carbonyl (C=O) groups is 1. The van der Waals surface area contributed by atoms with Crippen LogP contribution in [-0.2, 0) is 11.2 Å². The van der Waals surface area contributed by atoms with Crippen LogP contribution < -0.4 is 5.32 Å². The van der Waals surface area contributed by atoms with Gasteiger partial charge in [-0.2, -0.15) is 0 Å². The highest BCUT2D eigenvalue weighted by molar-refractivity contribution is 5.77. The Morgan fingerprint density at radius 1 is 1.36 bits per heavy atom. The fraction of sp³-hybridized carbons (Fsp3) is 0.182. The first-order valence-corrected chi connectivity index (χ1v) is 4.54. The Kier molecular flexibility index (Phi) is 2.49. The first kappa shape index (κ1) is 8.81. The number of furan rings is 1. The molecule has 3 heteroatoms. The third-order valence-corrected chi connectivity index (χ3v) is 2.08. The number of hydrogen-bond acceptors (Lipinski definition) is 2. The molecule has 1 aromatic carbocycles. The molecule has 2 rings (SSSR count). The Labute approximate surface area is 81.7 Å². The SMILES string of the molecule is O=CNCCc1cc2ccccc2o1. The van der Waals surface area contributed by atoms with Crippen molar-refractivity contribution in [1.82, 2.24) is 5.32 Å². The van der Waals surface area contributed by atoms with Crippen molar-refractivity contribution in [2.45, 2.75) is 6.42 Å². The molecule has 1 heterocycles. The molecule has 0 saturated heterocycles. The van der Waals surface area contributed by atoms with Crippen molar-refractivity contribution in [1.29, 1.82) is 0 Å². The first-order valence-electron chi connectivity index (χ1n) is 4.54. The molecule has 0 aliphatic carbocycles. The lowest BCUT2D eigenvalue weighted by Gasteiger charge is -1.93. The molecule has 0 atom stereocenters. The van der Waals surface area contributed by atoms with E-state index in [4.69, 9.17) is 4.42 Å². The van der Waals surface area contributed by atoms with Crippen molar-refractivity contribution < 1.29 is 9.21 Å². The second kappa shape index (κ2) is 3.96. The zero-order valence-electron chi connectivity index (χ0n) is 7.69. The van der Waals surface area contributed by atoms with E-state index in [2.05, 4.69) is 5.32 Å². The maximum atomic E-state index is 10.0. The zero-order chi connectivity index (χ0) is 9.80. The number of rotatable bonds is 4. The van der Waals surface area contributed by atoms with Gasteiger partial charge in [-0.05, 0) is 12.1 Å². The number of hydrogen-bond donors (Lipinski definition) is 1. The molecule has 1 amide bonds. The monoisotopic (exact) mass is 189 g/mol. The summed E-state index contributed by atoms with van der Waals surface area (Å²) in [7, 11) is 0. The second-order valence-corrected chi connectivity index (χ2v) is 3.07. The Balaban J connectivity index is 2.14. The summed E-state index contributed by atoms with van der Waals surface area (Å²) < 4.78 is 5.56. The predicted molar refractivity (Wildman–Crippen MR) is 54.0 cm³/mol. The lowest BCUT2D eigenvalue weighted by molar-refractivity contribution is -0.109. The summed E-state index contributed by atoms with van der Waals surface area (Å²) >= 11 is 0. The Hall–Kier alpha value is -1.77. The van der Waals surface area contributed by atoms with Crippen LogP contribution >= 0.6 is 0 Å². The molecular weight excluding hydrogens is 178 g/mol. The Morgan fingerprint density at radius 3 is 3.00 bits per heavy atom. The average Bonchev–Trinajstić information content (AvgIpc) is 2.60. The van der Waals surface area contributed by atoms with Gasteiger partial charge in [-0.3, -0.25) is 4.79 Å². The lowest BCUT2D eigenvalue weighted by Crippen LogP contribution is -2.13. The number of benzene rings is 1. The molecule has 0 spiro atoms. The smallest absolute Gasteiger partial charge is 0.207 e. The van der Waals surface area contributed by atoms with Crippen molar-refractivity contribution >= 4 is 17.4 Å². The van der Waals surface area contributed by atoms with Crippen LogP contribution in [0.25, 0.3) is 11.0 Å². The van der Waals surface area contributed by atoms with Gasteiger partial charge in [0.25, 0.3) is 0 Å². The number of fused-ring (bicyclic) bond motifs is 1. The van der Waals surface area contributed by atoms with Gasteiger partial charge in [0, 0.05) is 18.4 Å². The van der Waals surface area contributed by atoms with Gasteiger partial charge in [0.05, 0.1) is 0 Å². The van der Waals surface area contributed by atoms with Crippen LogP contribution in [0.15, 0.2) is 34.7 Å². The van der Waals surface area contributed by atoms with E-state index in [0.29, 0.717) is 13.0 Å². The predicted octanol–water partition coefficient (Wildman–Crippen LogP) is 1.72. The quantitative estimate of drug-likeness (QED) is 0.587. The van der Waals surface area contributed by atoms with Crippen LogP contribution in [0.4, 0.5) is 0 Å². The number of carbonyl (C=O) groups excluding carboxylic acids is 1. The van der Waals surface area contributed by atoms with E-state index in [1.807, 2.05) is 30.3 Å². The second-order valence-electron chi connectivity index (χ2n) is 3.07.